The maximum atomic E-state index is 13.3. The second-order valence-electron chi connectivity index (χ2n) is 7.74. The lowest BCUT2D eigenvalue weighted by molar-refractivity contribution is -0.274. The van der Waals surface area contributed by atoms with Crippen LogP contribution in [0.2, 0.25) is 0 Å². The van der Waals surface area contributed by atoms with Crippen LogP contribution in [0.15, 0.2) is 48.6 Å². The minimum absolute atomic E-state index is 0.0207. The van der Waals surface area contributed by atoms with Gasteiger partial charge in [-0.25, -0.2) is 9.59 Å². The molecule has 0 N–H and O–H groups in total. The van der Waals surface area contributed by atoms with E-state index in [0.717, 1.165) is 11.3 Å². The summed E-state index contributed by atoms with van der Waals surface area (Å²) in [7, 11) is 1.38. The molecule has 1 aromatic heterocycles. The molecule has 0 fully saturated rings. The Kier molecular flexibility index (Phi) is 7.74. The van der Waals surface area contributed by atoms with Gasteiger partial charge in [0, 0.05) is 21.9 Å². The summed E-state index contributed by atoms with van der Waals surface area (Å²) in [6, 6.07) is 6.41. The quantitative estimate of drug-likeness (QED) is 0.142. The number of thiophene rings is 1. The first-order chi connectivity index (χ1) is 16.4. The van der Waals surface area contributed by atoms with Crippen LogP contribution < -0.4 is 14.2 Å². The monoisotopic (exact) mass is 508 g/mol. The number of alkyl halides is 3. The Morgan fingerprint density at radius 3 is 2.11 bits per heavy atom. The van der Waals surface area contributed by atoms with Gasteiger partial charge in [0.05, 0.1) is 23.1 Å². The normalized spacial score (nSPS) is 11.4. The van der Waals surface area contributed by atoms with Crippen LogP contribution in [0.5, 0.6) is 17.2 Å². The standard InChI is InChI=1S/C25H23F3O6S/c1-13(2)23(29)32-12-6-7-15-8-9-16-17-10-11-18(33-24(30)14(3)4)20(31-5)22(17)35-21(16)19(15)34-25(26,27)28/h8-11H,1,3,6-7,12H2,2,4-5H3. The Hall–Kier alpha value is -3.53. The van der Waals surface area contributed by atoms with E-state index in [9.17, 15) is 22.8 Å². The van der Waals surface area contributed by atoms with Crippen LogP contribution in [-0.2, 0) is 20.7 Å². The predicted octanol–water partition coefficient (Wildman–Crippen LogP) is 6.50. The van der Waals surface area contributed by atoms with Crippen LogP contribution in [-0.4, -0.2) is 32.0 Å². The second-order valence-corrected chi connectivity index (χ2v) is 8.76. The molecule has 2 aromatic carbocycles. The van der Waals surface area contributed by atoms with Gasteiger partial charge < -0.3 is 18.9 Å². The van der Waals surface area contributed by atoms with Crippen LogP contribution in [0.4, 0.5) is 13.2 Å². The molecule has 0 aliphatic carbocycles. The van der Waals surface area contributed by atoms with Crippen LogP contribution in [0.25, 0.3) is 20.2 Å². The number of esters is 2. The summed E-state index contributed by atoms with van der Waals surface area (Å²) in [4.78, 5) is 23.5. The van der Waals surface area contributed by atoms with Crippen molar-refractivity contribution < 1.29 is 41.7 Å². The summed E-state index contributed by atoms with van der Waals surface area (Å²) >= 11 is 1.03. The summed E-state index contributed by atoms with van der Waals surface area (Å²) in [6.45, 7) is 10.0. The number of benzene rings is 2. The molecule has 0 bridgehead atoms. The van der Waals surface area contributed by atoms with Gasteiger partial charge in [-0.2, -0.15) is 0 Å². The third-order valence-electron chi connectivity index (χ3n) is 4.91. The summed E-state index contributed by atoms with van der Waals surface area (Å²) in [5, 5.41) is 1.14. The van der Waals surface area contributed by atoms with E-state index in [2.05, 4.69) is 17.9 Å². The third-order valence-corrected chi connectivity index (χ3v) is 6.13. The molecule has 0 radical (unpaired) electrons. The van der Waals surface area contributed by atoms with E-state index in [1.54, 1.807) is 18.2 Å². The molecule has 0 saturated carbocycles. The maximum absolute atomic E-state index is 13.3. The number of halogens is 3. The molecule has 3 aromatic rings. The number of rotatable bonds is 9. The Balaban J connectivity index is 2.06. The molecule has 10 heteroatoms. The minimum atomic E-state index is -4.92. The lowest BCUT2D eigenvalue weighted by Crippen LogP contribution is -2.18. The minimum Gasteiger partial charge on any atom is -0.491 e. The lowest BCUT2D eigenvalue weighted by atomic mass is 10.0. The third kappa shape index (κ3) is 5.94. The second kappa shape index (κ2) is 10.4. The van der Waals surface area contributed by atoms with Crippen LogP contribution >= 0.6 is 11.3 Å². The molecule has 0 spiro atoms. The predicted molar refractivity (Wildman–Crippen MR) is 127 cm³/mol. The van der Waals surface area contributed by atoms with Crippen LogP contribution in [0, 0.1) is 0 Å². The zero-order valence-corrected chi connectivity index (χ0v) is 20.2. The average Bonchev–Trinajstić information content (AvgIpc) is 3.15. The number of hydrogen-bond donors (Lipinski definition) is 0. The number of carbonyl (C=O) groups excluding carboxylic acids is 2. The Labute approximate surface area is 203 Å². The number of fused-ring (bicyclic) bond motifs is 3. The topological polar surface area (TPSA) is 71.1 Å². The van der Waals surface area contributed by atoms with E-state index in [1.807, 2.05) is 0 Å². The Morgan fingerprint density at radius 1 is 0.943 bits per heavy atom. The molecule has 6 nitrogen and oxygen atoms in total. The largest absolute Gasteiger partial charge is 0.573 e. The molecule has 0 aliphatic rings. The number of methoxy groups -OCH3 is 1. The number of aryl methyl sites for hydroxylation is 1. The van der Waals surface area contributed by atoms with Gasteiger partial charge in [-0.05, 0) is 44.4 Å². The van der Waals surface area contributed by atoms with Crippen molar-refractivity contribution in [2.45, 2.75) is 33.1 Å². The van der Waals surface area contributed by atoms with Gasteiger partial charge in [-0.15, -0.1) is 24.5 Å². The molecule has 0 aliphatic heterocycles. The van der Waals surface area contributed by atoms with Gasteiger partial charge in [0.2, 0.25) is 0 Å². The van der Waals surface area contributed by atoms with Crippen LogP contribution in [0.3, 0.4) is 0 Å². The zero-order valence-electron chi connectivity index (χ0n) is 19.3. The van der Waals surface area contributed by atoms with Crippen molar-refractivity contribution in [2.24, 2.45) is 0 Å². The number of hydrogen-bond acceptors (Lipinski definition) is 7. The first-order valence-corrected chi connectivity index (χ1v) is 11.3. The first-order valence-electron chi connectivity index (χ1n) is 10.4. The molecule has 0 unspecified atom stereocenters. The van der Waals surface area contributed by atoms with Gasteiger partial charge >= 0.3 is 18.3 Å². The van der Waals surface area contributed by atoms with Crippen LogP contribution in [0.1, 0.15) is 25.8 Å². The van der Waals surface area contributed by atoms with Gasteiger partial charge in [-0.1, -0.05) is 25.3 Å². The van der Waals surface area contributed by atoms with E-state index < -0.39 is 18.3 Å². The maximum Gasteiger partial charge on any atom is 0.573 e. The van der Waals surface area contributed by atoms with Gasteiger partial charge in [0.1, 0.15) is 5.75 Å². The fourth-order valence-electron chi connectivity index (χ4n) is 3.31. The van der Waals surface area contributed by atoms with Crippen molar-refractivity contribution in [1.82, 2.24) is 0 Å². The fraction of sp³-hybridized carbons (Fsp3) is 0.280. The molecule has 0 saturated heterocycles. The van der Waals surface area contributed by atoms with E-state index in [1.165, 1.54) is 27.0 Å². The van der Waals surface area contributed by atoms with Gasteiger partial charge in [0.15, 0.2) is 11.5 Å². The molecule has 1 heterocycles. The lowest BCUT2D eigenvalue weighted by Gasteiger charge is -2.14. The van der Waals surface area contributed by atoms with Gasteiger partial charge in [-0.3, -0.25) is 0 Å². The summed E-state index contributed by atoms with van der Waals surface area (Å²) in [5.41, 5.74) is 0.726. The van der Waals surface area contributed by atoms with E-state index in [4.69, 9.17) is 14.2 Å². The van der Waals surface area contributed by atoms with Gasteiger partial charge in [0.25, 0.3) is 0 Å². The highest BCUT2D eigenvalue weighted by atomic mass is 32.1. The first kappa shape index (κ1) is 26.1. The van der Waals surface area contributed by atoms with Crippen molar-refractivity contribution in [3.63, 3.8) is 0 Å². The van der Waals surface area contributed by atoms with Crippen molar-refractivity contribution in [3.8, 4) is 17.2 Å². The molecule has 35 heavy (non-hydrogen) atoms. The van der Waals surface area contributed by atoms with E-state index in [-0.39, 0.29) is 52.5 Å². The molecule has 0 amide bonds. The summed E-state index contributed by atoms with van der Waals surface area (Å²) in [5.74, 6) is -1.21. The van der Waals surface area contributed by atoms with Crippen molar-refractivity contribution >= 4 is 43.4 Å². The Morgan fingerprint density at radius 2 is 1.54 bits per heavy atom. The van der Waals surface area contributed by atoms with Crippen molar-refractivity contribution in [1.29, 1.82) is 0 Å². The molecule has 3 rings (SSSR count). The summed E-state index contributed by atoms with van der Waals surface area (Å²) < 4.78 is 61.0. The molecular weight excluding hydrogens is 485 g/mol. The smallest absolute Gasteiger partial charge is 0.491 e. The SMILES string of the molecule is C=C(C)C(=O)OCCCc1ccc2c(sc3c(OC)c(OC(=O)C(=C)C)ccc32)c1OC(F)(F)F. The Bertz CT molecular complexity index is 1320. The summed E-state index contributed by atoms with van der Waals surface area (Å²) in [6.07, 6.45) is -4.45. The zero-order chi connectivity index (χ0) is 25.9. The average molecular weight is 509 g/mol. The van der Waals surface area contributed by atoms with E-state index in [0.29, 0.717) is 21.0 Å². The molecule has 186 valence electrons. The highest BCUT2D eigenvalue weighted by molar-refractivity contribution is 7.26. The number of ether oxygens (including phenoxy) is 4. The van der Waals surface area contributed by atoms with Crippen molar-refractivity contribution in [2.75, 3.05) is 13.7 Å². The van der Waals surface area contributed by atoms with E-state index >= 15 is 0 Å². The van der Waals surface area contributed by atoms with Crippen molar-refractivity contribution in [3.05, 3.63) is 54.1 Å². The highest BCUT2D eigenvalue weighted by Gasteiger charge is 2.34. The highest BCUT2D eigenvalue weighted by Crippen LogP contribution is 2.48. The molecular formula is C25H23F3O6S. The molecule has 0 atom stereocenters. The fourth-order valence-corrected chi connectivity index (χ4v) is 4.63. The number of carbonyl (C=O) groups is 2.